The van der Waals surface area contributed by atoms with Crippen LogP contribution in [0.3, 0.4) is 0 Å². The van der Waals surface area contributed by atoms with Crippen molar-refractivity contribution in [1.82, 2.24) is 10.2 Å². The number of sulfonamides is 1. The fraction of sp³-hybridized carbons (Fsp3) is 0.286. The van der Waals surface area contributed by atoms with Gasteiger partial charge in [0.05, 0.1) is 10.6 Å². The van der Waals surface area contributed by atoms with E-state index in [-0.39, 0.29) is 17.3 Å². The van der Waals surface area contributed by atoms with Crippen LogP contribution in [0.15, 0.2) is 77.7 Å². The highest BCUT2D eigenvalue weighted by atomic mass is 35.5. The van der Waals surface area contributed by atoms with Crippen LogP contribution in [-0.2, 0) is 32.6 Å². The van der Waals surface area contributed by atoms with Crippen molar-refractivity contribution < 1.29 is 18.0 Å². The fourth-order valence-corrected chi connectivity index (χ4v) is 5.69. The maximum Gasteiger partial charge on any atom is 0.264 e. The topological polar surface area (TPSA) is 86.8 Å². The van der Waals surface area contributed by atoms with Crippen molar-refractivity contribution in [3.8, 4) is 0 Å². The van der Waals surface area contributed by atoms with Gasteiger partial charge in [-0.2, -0.15) is 0 Å². The highest BCUT2D eigenvalue weighted by Gasteiger charge is 2.33. The first-order valence-electron chi connectivity index (χ1n) is 12.0. The van der Waals surface area contributed by atoms with E-state index in [1.807, 2.05) is 26.0 Å². The molecule has 0 saturated carbocycles. The number of benzene rings is 3. The predicted octanol–water partition coefficient (Wildman–Crippen LogP) is 4.57. The molecule has 2 amide bonds. The van der Waals surface area contributed by atoms with Gasteiger partial charge in [-0.3, -0.25) is 13.9 Å². The number of carbonyl (C=O) groups excluding carboxylic acids is 2. The fourth-order valence-electron chi connectivity index (χ4n) is 4.03. The molecule has 0 spiro atoms. The number of rotatable bonds is 10. The minimum atomic E-state index is -4.10. The van der Waals surface area contributed by atoms with Gasteiger partial charge in [-0.1, -0.05) is 66.6 Å². The van der Waals surface area contributed by atoms with E-state index in [9.17, 15) is 18.0 Å². The zero-order valence-electron chi connectivity index (χ0n) is 21.4. The first kappa shape index (κ1) is 28.2. The van der Waals surface area contributed by atoms with E-state index >= 15 is 0 Å². The third kappa shape index (κ3) is 6.70. The van der Waals surface area contributed by atoms with Crippen LogP contribution in [0.25, 0.3) is 0 Å². The zero-order chi connectivity index (χ0) is 27.2. The molecule has 1 atom stereocenters. The molecule has 0 fully saturated rings. The molecule has 196 valence electrons. The molecule has 0 aliphatic rings. The van der Waals surface area contributed by atoms with Gasteiger partial charge >= 0.3 is 0 Å². The molecule has 0 aromatic heterocycles. The average Bonchev–Trinajstić information content (AvgIpc) is 2.89. The van der Waals surface area contributed by atoms with Gasteiger partial charge in [0.15, 0.2) is 0 Å². The van der Waals surface area contributed by atoms with E-state index in [2.05, 4.69) is 5.32 Å². The van der Waals surface area contributed by atoms with Gasteiger partial charge in [0.25, 0.3) is 10.0 Å². The number of nitrogens with zero attached hydrogens (tertiary/aromatic N) is 2. The molecule has 9 heteroatoms. The molecule has 0 aliphatic heterocycles. The lowest BCUT2D eigenvalue weighted by molar-refractivity contribution is -0.139. The van der Waals surface area contributed by atoms with E-state index in [4.69, 9.17) is 11.6 Å². The van der Waals surface area contributed by atoms with Crippen molar-refractivity contribution in [2.24, 2.45) is 0 Å². The van der Waals surface area contributed by atoms with E-state index in [1.165, 1.54) is 24.1 Å². The molecule has 37 heavy (non-hydrogen) atoms. The molecule has 0 bridgehead atoms. The zero-order valence-corrected chi connectivity index (χ0v) is 23.0. The van der Waals surface area contributed by atoms with Crippen LogP contribution in [0.5, 0.6) is 0 Å². The summed E-state index contributed by atoms with van der Waals surface area (Å²) in [6.07, 6.45) is 0.575. The molecule has 3 aromatic rings. The summed E-state index contributed by atoms with van der Waals surface area (Å²) in [6.45, 7) is 5.02. The second-order valence-corrected chi connectivity index (χ2v) is 11.0. The number of anilines is 1. The number of halogens is 1. The molecule has 0 radical (unpaired) electrons. The third-order valence-electron chi connectivity index (χ3n) is 6.18. The molecule has 0 saturated heterocycles. The Morgan fingerprint density at radius 3 is 2.30 bits per heavy atom. The standard InChI is InChI=1S/C28H32ClN3O4S/c1-5-23-10-6-7-12-26(23)32(37(35,36)25-15-13-20(2)14-16-25)19-27(33)31(21(3)28(34)30-4)18-22-9-8-11-24(29)17-22/h6-17,21H,5,18-19H2,1-4H3,(H,30,34)/t21-/m1/s1. The van der Waals surface area contributed by atoms with E-state index in [1.54, 1.807) is 55.5 Å². The minimum absolute atomic E-state index is 0.0811. The maximum absolute atomic E-state index is 13.9. The van der Waals surface area contributed by atoms with Crippen LogP contribution < -0.4 is 9.62 Å². The Labute approximate surface area is 224 Å². The monoisotopic (exact) mass is 541 g/mol. The van der Waals surface area contributed by atoms with E-state index in [0.29, 0.717) is 17.1 Å². The number of nitrogens with one attached hydrogen (secondary N) is 1. The molecule has 3 rings (SSSR count). The predicted molar refractivity (Wildman–Crippen MR) is 147 cm³/mol. The summed E-state index contributed by atoms with van der Waals surface area (Å²) in [7, 11) is -2.61. The van der Waals surface area contributed by atoms with Gasteiger partial charge in [-0.25, -0.2) is 8.42 Å². The molecule has 1 N–H and O–H groups in total. The molecule has 0 heterocycles. The largest absolute Gasteiger partial charge is 0.357 e. The summed E-state index contributed by atoms with van der Waals surface area (Å²) in [5.74, 6) is -0.880. The highest BCUT2D eigenvalue weighted by Crippen LogP contribution is 2.28. The average molecular weight is 542 g/mol. The number of likely N-dealkylation sites (N-methyl/N-ethyl adjacent to an activating group) is 1. The number of carbonyl (C=O) groups is 2. The van der Waals surface area contributed by atoms with Gasteiger partial charge < -0.3 is 10.2 Å². The maximum atomic E-state index is 13.9. The summed E-state index contributed by atoms with van der Waals surface area (Å²) in [6, 6.07) is 19.8. The smallest absolute Gasteiger partial charge is 0.264 e. The molecule has 7 nitrogen and oxygen atoms in total. The second kappa shape index (κ2) is 12.3. The Morgan fingerprint density at radius 1 is 1.00 bits per heavy atom. The summed E-state index contributed by atoms with van der Waals surface area (Å²) in [5.41, 5.74) is 2.85. The Kier molecular flexibility index (Phi) is 9.34. The molecule has 3 aromatic carbocycles. The van der Waals surface area contributed by atoms with Crippen LogP contribution in [-0.4, -0.2) is 44.8 Å². The van der Waals surface area contributed by atoms with E-state index < -0.39 is 28.5 Å². The highest BCUT2D eigenvalue weighted by molar-refractivity contribution is 7.92. The van der Waals surface area contributed by atoms with Crippen molar-refractivity contribution >= 4 is 39.1 Å². The van der Waals surface area contributed by atoms with E-state index in [0.717, 1.165) is 21.0 Å². The molecule has 0 unspecified atom stereocenters. The Hall–Kier alpha value is -3.36. The lowest BCUT2D eigenvalue weighted by Crippen LogP contribution is -2.50. The number of hydrogen-bond donors (Lipinski definition) is 1. The van der Waals surface area contributed by atoms with Gasteiger partial charge in [0, 0.05) is 18.6 Å². The van der Waals surface area contributed by atoms with Gasteiger partial charge in [-0.05, 0) is 61.7 Å². The van der Waals surface area contributed by atoms with Gasteiger partial charge in [-0.15, -0.1) is 0 Å². The van der Waals surface area contributed by atoms with Crippen molar-refractivity contribution in [2.75, 3.05) is 17.9 Å². The number of para-hydroxylation sites is 1. The summed E-state index contributed by atoms with van der Waals surface area (Å²) >= 11 is 6.14. The van der Waals surface area contributed by atoms with Crippen LogP contribution in [0.2, 0.25) is 5.02 Å². The molecule has 0 aliphatic carbocycles. The van der Waals surface area contributed by atoms with Gasteiger partial charge in [0.1, 0.15) is 12.6 Å². The first-order valence-corrected chi connectivity index (χ1v) is 13.8. The normalized spacial score (nSPS) is 12.0. The van der Waals surface area contributed by atoms with Crippen molar-refractivity contribution in [3.05, 3.63) is 94.5 Å². The quantitative estimate of drug-likeness (QED) is 0.407. The number of hydrogen-bond acceptors (Lipinski definition) is 4. The van der Waals surface area contributed by atoms with Crippen LogP contribution in [0, 0.1) is 6.92 Å². The lowest BCUT2D eigenvalue weighted by Gasteiger charge is -2.32. The van der Waals surface area contributed by atoms with Crippen LogP contribution in [0.1, 0.15) is 30.5 Å². The minimum Gasteiger partial charge on any atom is -0.357 e. The number of amides is 2. The summed E-state index contributed by atoms with van der Waals surface area (Å²) in [4.78, 5) is 27.8. The van der Waals surface area contributed by atoms with Gasteiger partial charge in [0.2, 0.25) is 11.8 Å². The van der Waals surface area contributed by atoms with Crippen LogP contribution >= 0.6 is 11.6 Å². The summed E-state index contributed by atoms with van der Waals surface area (Å²) in [5, 5.41) is 3.07. The Balaban J connectivity index is 2.07. The second-order valence-electron chi connectivity index (χ2n) is 8.75. The van der Waals surface area contributed by atoms with Crippen molar-refractivity contribution in [3.63, 3.8) is 0 Å². The first-order chi connectivity index (χ1) is 17.6. The molecular weight excluding hydrogens is 510 g/mol. The van der Waals surface area contributed by atoms with Crippen molar-refractivity contribution in [2.45, 2.75) is 44.7 Å². The number of aryl methyl sites for hydroxylation is 2. The lowest BCUT2D eigenvalue weighted by atomic mass is 10.1. The van der Waals surface area contributed by atoms with Crippen molar-refractivity contribution in [1.29, 1.82) is 0 Å². The van der Waals surface area contributed by atoms with Crippen LogP contribution in [0.4, 0.5) is 5.69 Å². The third-order valence-corrected chi connectivity index (χ3v) is 8.19. The molecular formula is C28H32ClN3O4S. The Morgan fingerprint density at radius 2 is 1.68 bits per heavy atom. The SMILES string of the molecule is CCc1ccccc1N(CC(=O)N(Cc1cccc(Cl)c1)[C@H](C)C(=O)NC)S(=O)(=O)c1ccc(C)cc1. The Bertz CT molecular complexity index is 1360. The summed E-state index contributed by atoms with van der Waals surface area (Å²) < 4.78 is 28.9.